The summed E-state index contributed by atoms with van der Waals surface area (Å²) in [6.45, 7) is 5.26. The minimum atomic E-state index is 0.0119. The van der Waals surface area contributed by atoms with Crippen LogP contribution < -0.4 is 9.47 Å². The SMILES string of the molecule is COc1ccc(OC)c(CC(=O)N2CCC(C(=O)N(C)C(C)C)CC2)c1. The number of carbonyl (C=O) groups excluding carboxylic acids is 2. The number of methoxy groups -OCH3 is 2. The van der Waals surface area contributed by atoms with E-state index in [1.807, 2.05) is 44.0 Å². The first-order valence-electron chi connectivity index (χ1n) is 9.12. The largest absolute Gasteiger partial charge is 0.497 e. The average molecular weight is 362 g/mol. The molecule has 1 heterocycles. The number of piperidine rings is 1. The zero-order valence-corrected chi connectivity index (χ0v) is 16.4. The molecule has 6 heteroatoms. The van der Waals surface area contributed by atoms with Crippen LogP contribution in [0.15, 0.2) is 18.2 Å². The highest BCUT2D eigenvalue weighted by molar-refractivity contribution is 5.81. The van der Waals surface area contributed by atoms with Gasteiger partial charge in [0.1, 0.15) is 11.5 Å². The van der Waals surface area contributed by atoms with Crippen molar-refractivity contribution in [2.45, 2.75) is 39.2 Å². The Morgan fingerprint density at radius 1 is 1.19 bits per heavy atom. The van der Waals surface area contributed by atoms with Crippen LogP contribution in [0.1, 0.15) is 32.3 Å². The topological polar surface area (TPSA) is 59.1 Å². The van der Waals surface area contributed by atoms with Crippen molar-refractivity contribution in [3.8, 4) is 11.5 Å². The van der Waals surface area contributed by atoms with Crippen LogP contribution in [-0.4, -0.2) is 62.0 Å². The van der Waals surface area contributed by atoms with Crippen molar-refractivity contribution in [3.63, 3.8) is 0 Å². The average Bonchev–Trinajstić information content (AvgIpc) is 2.66. The molecule has 0 radical (unpaired) electrons. The third kappa shape index (κ3) is 4.68. The predicted octanol–water partition coefficient (Wildman–Crippen LogP) is 2.35. The molecule has 0 unspecified atom stereocenters. The zero-order chi connectivity index (χ0) is 19.3. The molecule has 144 valence electrons. The number of benzene rings is 1. The number of ether oxygens (including phenoxy) is 2. The van der Waals surface area contributed by atoms with E-state index in [2.05, 4.69) is 0 Å². The lowest BCUT2D eigenvalue weighted by Gasteiger charge is -2.34. The molecular formula is C20H30N2O4. The summed E-state index contributed by atoms with van der Waals surface area (Å²) < 4.78 is 10.6. The highest BCUT2D eigenvalue weighted by atomic mass is 16.5. The molecule has 0 aliphatic carbocycles. The van der Waals surface area contributed by atoms with Gasteiger partial charge in [-0.1, -0.05) is 0 Å². The quantitative estimate of drug-likeness (QED) is 0.779. The molecule has 1 aliphatic rings. The fourth-order valence-electron chi connectivity index (χ4n) is 3.21. The van der Waals surface area contributed by atoms with Crippen LogP contribution in [0.4, 0.5) is 0 Å². The van der Waals surface area contributed by atoms with Crippen LogP contribution in [0.3, 0.4) is 0 Å². The Morgan fingerprint density at radius 3 is 2.38 bits per heavy atom. The van der Waals surface area contributed by atoms with Gasteiger partial charge in [0.25, 0.3) is 0 Å². The molecule has 0 N–H and O–H groups in total. The summed E-state index contributed by atoms with van der Waals surface area (Å²) in [6, 6.07) is 5.66. The van der Waals surface area contributed by atoms with Crippen molar-refractivity contribution in [1.82, 2.24) is 9.80 Å². The molecule has 1 aliphatic heterocycles. The van der Waals surface area contributed by atoms with Crippen molar-refractivity contribution < 1.29 is 19.1 Å². The van der Waals surface area contributed by atoms with E-state index in [-0.39, 0.29) is 30.2 Å². The van der Waals surface area contributed by atoms with E-state index in [0.717, 1.165) is 18.4 Å². The Kier molecular flexibility index (Phi) is 6.89. The minimum Gasteiger partial charge on any atom is -0.497 e. The third-order valence-electron chi connectivity index (χ3n) is 5.15. The highest BCUT2D eigenvalue weighted by Crippen LogP contribution is 2.26. The molecular weight excluding hydrogens is 332 g/mol. The molecule has 1 saturated heterocycles. The summed E-state index contributed by atoms with van der Waals surface area (Å²) in [4.78, 5) is 28.8. The molecule has 2 rings (SSSR count). The van der Waals surface area contributed by atoms with Gasteiger partial charge < -0.3 is 19.3 Å². The van der Waals surface area contributed by atoms with Gasteiger partial charge in [-0.15, -0.1) is 0 Å². The highest BCUT2D eigenvalue weighted by Gasteiger charge is 2.30. The van der Waals surface area contributed by atoms with Crippen molar-refractivity contribution >= 4 is 11.8 Å². The Morgan fingerprint density at radius 2 is 1.85 bits per heavy atom. The number of nitrogens with zero attached hydrogens (tertiary/aromatic N) is 2. The van der Waals surface area contributed by atoms with E-state index in [4.69, 9.17) is 9.47 Å². The van der Waals surface area contributed by atoms with Crippen LogP contribution in [-0.2, 0) is 16.0 Å². The van der Waals surface area contributed by atoms with Gasteiger partial charge in [-0.3, -0.25) is 9.59 Å². The van der Waals surface area contributed by atoms with E-state index in [1.165, 1.54) is 0 Å². The Hall–Kier alpha value is -2.24. The molecule has 0 bridgehead atoms. The number of hydrogen-bond acceptors (Lipinski definition) is 4. The van der Waals surface area contributed by atoms with Gasteiger partial charge in [0.05, 0.1) is 20.6 Å². The summed E-state index contributed by atoms with van der Waals surface area (Å²) in [5, 5.41) is 0. The van der Waals surface area contributed by atoms with E-state index in [0.29, 0.717) is 24.6 Å². The number of rotatable bonds is 6. The van der Waals surface area contributed by atoms with Crippen LogP contribution in [0.2, 0.25) is 0 Å². The molecule has 0 spiro atoms. The van der Waals surface area contributed by atoms with E-state index in [9.17, 15) is 9.59 Å². The van der Waals surface area contributed by atoms with E-state index >= 15 is 0 Å². The first-order valence-corrected chi connectivity index (χ1v) is 9.12. The van der Waals surface area contributed by atoms with Crippen molar-refractivity contribution in [3.05, 3.63) is 23.8 Å². The minimum absolute atomic E-state index is 0.0119. The van der Waals surface area contributed by atoms with Gasteiger partial charge in [-0.2, -0.15) is 0 Å². The second-order valence-corrected chi connectivity index (χ2v) is 7.05. The molecule has 1 aromatic rings. The smallest absolute Gasteiger partial charge is 0.227 e. The van der Waals surface area contributed by atoms with Crippen molar-refractivity contribution in [1.29, 1.82) is 0 Å². The summed E-state index contributed by atoms with van der Waals surface area (Å²) in [5.74, 6) is 1.64. The molecule has 1 fully saturated rings. The first kappa shape index (κ1) is 20.1. The summed E-state index contributed by atoms with van der Waals surface area (Å²) in [5.41, 5.74) is 0.814. The summed E-state index contributed by atoms with van der Waals surface area (Å²) in [6.07, 6.45) is 1.71. The molecule has 0 atom stereocenters. The Labute approximate surface area is 156 Å². The van der Waals surface area contributed by atoms with Gasteiger partial charge in [0, 0.05) is 37.7 Å². The Balaban J connectivity index is 1.96. The van der Waals surface area contributed by atoms with E-state index in [1.54, 1.807) is 19.1 Å². The molecule has 6 nitrogen and oxygen atoms in total. The maximum atomic E-state index is 12.7. The van der Waals surface area contributed by atoms with Crippen molar-refractivity contribution in [2.24, 2.45) is 5.92 Å². The lowest BCUT2D eigenvalue weighted by molar-refractivity contribution is -0.140. The lowest BCUT2D eigenvalue weighted by Crippen LogP contribution is -2.45. The second kappa shape index (κ2) is 8.92. The maximum Gasteiger partial charge on any atom is 0.227 e. The van der Waals surface area contributed by atoms with Gasteiger partial charge in [0.15, 0.2) is 0 Å². The second-order valence-electron chi connectivity index (χ2n) is 7.05. The monoisotopic (exact) mass is 362 g/mol. The van der Waals surface area contributed by atoms with Crippen LogP contribution in [0.5, 0.6) is 11.5 Å². The number of amides is 2. The number of carbonyl (C=O) groups is 2. The van der Waals surface area contributed by atoms with E-state index < -0.39 is 0 Å². The zero-order valence-electron chi connectivity index (χ0n) is 16.4. The summed E-state index contributed by atoms with van der Waals surface area (Å²) >= 11 is 0. The van der Waals surface area contributed by atoms with Gasteiger partial charge in [0.2, 0.25) is 11.8 Å². The first-order chi connectivity index (χ1) is 12.4. The molecule has 0 aromatic heterocycles. The lowest BCUT2D eigenvalue weighted by atomic mass is 9.94. The molecule has 1 aromatic carbocycles. The predicted molar refractivity (Wildman–Crippen MR) is 100 cm³/mol. The number of likely N-dealkylation sites (tertiary alicyclic amines) is 1. The van der Waals surface area contributed by atoms with Gasteiger partial charge in [-0.25, -0.2) is 0 Å². The summed E-state index contributed by atoms with van der Waals surface area (Å²) in [7, 11) is 5.04. The molecule has 0 saturated carbocycles. The fraction of sp³-hybridized carbons (Fsp3) is 0.600. The third-order valence-corrected chi connectivity index (χ3v) is 5.15. The van der Waals surface area contributed by atoms with Gasteiger partial charge >= 0.3 is 0 Å². The number of hydrogen-bond donors (Lipinski definition) is 0. The van der Waals surface area contributed by atoms with Crippen LogP contribution >= 0.6 is 0 Å². The standard InChI is InChI=1S/C20H30N2O4/c1-14(2)21(3)20(24)15-8-10-22(11-9-15)19(23)13-16-12-17(25-4)6-7-18(16)26-5/h6-7,12,14-15H,8-11,13H2,1-5H3. The fourth-order valence-corrected chi connectivity index (χ4v) is 3.21. The molecule has 2 amide bonds. The van der Waals surface area contributed by atoms with Crippen molar-refractivity contribution in [2.75, 3.05) is 34.4 Å². The Bertz CT molecular complexity index is 637. The molecule has 26 heavy (non-hydrogen) atoms. The van der Waals surface area contributed by atoms with Gasteiger partial charge in [-0.05, 0) is 44.9 Å². The normalized spacial score (nSPS) is 15.1. The maximum absolute atomic E-state index is 12.7. The van der Waals surface area contributed by atoms with Crippen LogP contribution in [0, 0.1) is 5.92 Å². The van der Waals surface area contributed by atoms with Crippen LogP contribution in [0.25, 0.3) is 0 Å².